The van der Waals surface area contributed by atoms with Gasteiger partial charge in [0.15, 0.2) is 0 Å². The zero-order valence-corrected chi connectivity index (χ0v) is 11.9. The Balaban J connectivity index is 2.02. The predicted octanol–water partition coefficient (Wildman–Crippen LogP) is 2.84. The molecule has 1 saturated heterocycles. The maximum absolute atomic E-state index is 13.2. The van der Waals surface area contributed by atoms with Crippen LogP contribution in [-0.4, -0.2) is 41.5 Å². The quantitative estimate of drug-likeness (QED) is 0.736. The molecule has 110 valence electrons. The van der Waals surface area contributed by atoms with Crippen LogP contribution in [0.2, 0.25) is 0 Å². The second-order valence-corrected chi connectivity index (χ2v) is 6.51. The van der Waals surface area contributed by atoms with Gasteiger partial charge in [-0.05, 0) is 33.6 Å². The van der Waals surface area contributed by atoms with Crippen LogP contribution in [-0.2, 0) is 9.53 Å². The molecule has 0 spiro atoms. The molecule has 0 aromatic rings. The van der Waals surface area contributed by atoms with Gasteiger partial charge in [0.05, 0.1) is 18.2 Å². The van der Waals surface area contributed by atoms with E-state index in [1.807, 2.05) is 25.7 Å². The Morgan fingerprint density at radius 1 is 1.26 bits per heavy atom. The monoisotopic (exact) mass is 275 g/mol. The summed E-state index contributed by atoms with van der Waals surface area (Å²) in [5, 5.41) is 0. The van der Waals surface area contributed by atoms with Gasteiger partial charge >= 0.3 is 0 Å². The van der Waals surface area contributed by atoms with Gasteiger partial charge in [0, 0.05) is 25.3 Å². The van der Waals surface area contributed by atoms with Gasteiger partial charge in [-0.2, -0.15) is 0 Å². The van der Waals surface area contributed by atoms with E-state index >= 15 is 0 Å². The molecule has 0 radical (unpaired) electrons. The molecule has 1 saturated carbocycles. The molecule has 2 fully saturated rings. The molecule has 1 atom stereocenters. The summed E-state index contributed by atoms with van der Waals surface area (Å²) in [6.45, 7) is 6.93. The number of hydrogen-bond donors (Lipinski definition) is 0. The van der Waals surface area contributed by atoms with Crippen molar-refractivity contribution in [2.45, 2.75) is 64.0 Å². The number of nitrogens with zero attached hydrogens (tertiary/aromatic N) is 1. The minimum Gasteiger partial charge on any atom is -0.374 e. The van der Waals surface area contributed by atoms with Gasteiger partial charge in [0.25, 0.3) is 0 Å². The highest BCUT2D eigenvalue weighted by Crippen LogP contribution is 2.38. The predicted molar refractivity (Wildman–Crippen MR) is 68.1 cm³/mol. The van der Waals surface area contributed by atoms with Gasteiger partial charge in [-0.25, -0.2) is 8.78 Å². The normalized spacial score (nSPS) is 31.2. The first-order valence-corrected chi connectivity index (χ1v) is 7.02. The van der Waals surface area contributed by atoms with Gasteiger partial charge in [-0.15, -0.1) is 0 Å². The van der Waals surface area contributed by atoms with Crippen LogP contribution in [0.3, 0.4) is 0 Å². The minimum atomic E-state index is -2.58. The molecular weight excluding hydrogens is 252 g/mol. The van der Waals surface area contributed by atoms with Crippen LogP contribution in [0, 0.1) is 5.92 Å². The molecule has 1 unspecified atom stereocenters. The van der Waals surface area contributed by atoms with E-state index in [1.54, 1.807) is 0 Å². The molecule has 0 bridgehead atoms. The summed E-state index contributed by atoms with van der Waals surface area (Å²) in [4.78, 5) is 14.4. The standard InChI is InChI=1S/C14H23F2NO2/c1-10-8-17(13(2,3)9-19-10)12(18)11-4-6-14(15,16)7-5-11/h10-11H,4-9H2,1-3H3. The summed E-state index contributed by atoms with van der Waals surface area (Å²) < 4.78 is 31.9. The van der Waals surface area contributed by atoms with Crippen LogP contribution < -0.4 is 0 Å². The van der Waals surface area contributed by atoms with Crippen LogP contribution in [0.15, 0.2) is 0 Å². The number of rotatable bonds is 1. The molecular formula is C14H23F2NO2. The highest BCUT2D eigenvalue weighted by Gasteiger charge is 2.43. The van der Waals surface area contributed by atoms with E-state index < -0.39 is 5.92 Å². The van der Waals surface area contributed by atoms with Crippen molar-refractivity contribution >= 4 is 5.91 Å². The van der Waals surface area contributed by atoms with Crippen molar-refractivity contribution in [1.29, 1.82) is 0 Å². The minimum absolute atomic E-state index is 0.0157. The highest BCUT2D eigenvalue weighted by atomic mass is 19.3. The number of alkyl halides is 2. The highest BCUT2D eigenvalue weighted by molar-refractivity contribution is 5.80. The lowest BCUT2D eigenvalue weighted by atomic mass is 9.84. The molecule has 1 amide bonds. The summed E-state index contributed by atoms with van der Waals surface area (Å²) in [7, 11) is 0. The lowest BCUT2D eigenvalue weighted by Crippen LogP contribution is -2.59. The third-order valence-electron chi connectivity index (χ3n) is 4.22. The molecule has 1 aliphatic heterocycles. The Labute approximate surface area is 113 Å². The maximum Gasteiger partial charge on any atom is 0.248 e. The summed E-state index contributed by atoms with van der Waals surface area (Å²) in [5.41, 5.74) is -0.344. The fourth-order valence-corrected chi connectivity index (χ4v) is 2.88. The van der Waals surface area contributed by atoms with Gasteiger partial charge < -0.3 is 9.64 Å². The second kappa shape index (κ2) is 5.00. The molecule has 3 nitrogen and oxygen atoms in total. The molecule has 1 heterocycles. The number of ether oxygens (including phenoxy) is 1. The van der Waals surface area contributed by atoms with Crippen molar-refractivity contribution in [2.24, 2.45) is 5.92 Å². The number of morpholine rings is 1. The average Bonchev–Trinajstić information content (AvgIpc) is 2.31. The van der Waals surface area contributed by atoms with E-state index in [1.165, 1.54) is 0 Å². The van der Waals surface area contributed by atoms with Gasteiger partial charge in [0.2, 0.25) is 11.8 Å². The van der Waals surface area contributed by atoms with E-state index in [-0.39, 0.29) is 36.3 Å². The Kier molecular flexibility index (Phi) is 3.87. The van der Waals surface area contributed by atoms with E-state index in [0.717, 1.165) is 0 Å². The number of hydrogen-bond acceptors (Lipinski definition) is 2. The molecule has 2 aliphatic rings. The first-order chi connectivity index (χ1) is 8.71. The molecule has 5 heteroatoms. The zero-order chi connectivity index (χ0) is 14.3. The summed E-state index contributed by atoms with van der Waals surface area (Å²) in [6, 6.07) is 0. The van der Waals surface area contributed by atoms with Crippen LogP contribution in [0.5, 0.6) is 0 Å². The van der Waals surface area contributed by atoms with E-state index in [9.17, 15) is 13.6 Å². The Hall–Kier alpha value is -0.710. The summed E-state index contributed by atoms with van der Waals surface area (Å²) in [6.07, 6.45) is 0.288. The molecule has 19 heavy (non-hydrogen) atoms. The van der Waals surface area contributed by atoms with Gasteiger partial charge in [-0.3, -0.25) is 4.79 Å². The van der Waals surface area contributed by atoms with Crippen molar-refractivity contribution in [2.75, 3.05) is 13.2 Å². The van der Waals surface area contributed by atoms with E-state index in [2.05, 4.69) is 0 Å². The summed E-state index contributed by atoms with van der Waals surface area (Å²) in [5.74, 6) is -2.80. The molecule has 2 rings (SSSR count). The topological polar surface area (TPSA) is 29.5 Å². The van der Waals surface area contributed by atoms with Crippen molar-refractivity contribution in [1.82, 2.24) is 4.90 Å². The Morgan fingerprint density at radius 2 is 1.84 bits per heavy atom. The number of halogens is 2. The fraction of sp³-hybridized carbons (Fsp3) is 0.929. The lowest BCUT2D eigenvalue weighted by Gasteiger charge is -2.46. The average molecular weight is 275 g/mol. The van der Waals surface area contributed by atoms with Crippen molar-refractivity contribution < 1.29 is 18.3 Å². The molecule has 0 N–H and O–H groups in total. The SMILES string of the molecule is CC1CN(C(=O)C2CCC(F)(F)CC2)C(C)(C)CO1. The Bertz CT molecular complexity index is 347. The molecule has 0 aromatic carbocycles. The summed E-state index contributed by atoms with van der Waals surface area (Å²) >= 11 is 0. The number of carbonyl (C=O) groups is 1. The van der Waals surface area contributed by atoms with Gasteiger partial charge in [0.1, 0.15) is 0 Å². The third-order valence-corrected chi connectivity index (χ3v) is 4.22. The third kappa shape index (κ3) is 3.25. The van der Waals surface area contributed by atoms with Crippen LogP contribution in [0.1, 0.15) is 46.5 Å². The van der Waals surface area contributed by atoms with Gasteiger partial charge in [-0.1, -0.05) is 0 Å². The lowest BCUT2D eigenvalue weighted by molar-refractivity contribution is -0.160. The first kappa shape index (κ1) is 14.7. The first-order valence-electron chi connectivity index (χ1n) is 7.02. The van der Waals surface area contributed by atoms with Crippen molar-refractivity contribution in [3.05, 3.63) is 0 Å². The number of amides is 1. The van der Waals surface area contributed by atoms with Crippen molar-refractivity contribution in [3.63, 3.8) is 0 Å². The molecule has 0 aromatic heterocycles. The van der Waals surface area contributed by atoms with E-state index in [0.29, 0.717) is 26.0 Å². The fourth-order valence-electron chi connectivity index (χ4n) is 2.88. The zero-order valence-electron chi connectivity index (χ0n) is 11.9. The van der Waals surface area contributed by atoms with E-state index in [4.69, 9.17) is 4.74 Å². The Morgan fingerprint density at radius 3 is 2.42 bits per heavy atom. The second-order valence-electron chi connectivity index (χ2n) is 6.51. The van der Waals surface area contributed by atoms with Crippen LogP contribution >= 0.6 is 0 Å². The molecule has 1 aliphatic carbocycles. The largest absolute Gasteiger partial charge is 0.374 e. The number of carbonyl (C=O) groups excluding carboxylic acids is 1. The maximum atomic E-state index is 13.2. The smallest absolute Gasteiger partial charge is 0.248 e. The van der Waals surface area contributed by atoms with Crippen LogP contribution in [0.25, 0.3) is 0 Å². The van der Waals surface area contributed by atoms with Crippen LogP contribution in [0.4, 0.5) is 8.78 Å². The van der Waals surface area contributed by atoms with Crippen molar-refractivity contribution in [3.8, 4) is 0 Å².